The van der Waals surface area contributed by atoms with Crippen LogP contribution < -0.4 is 9.80 Å². The van der Waals surface area contributed by atoms with Crippen molar-refractivity contribution in [3.63, 3.8) is 0 Å². The second-order valence-corrected chi connectivity index (χ2v) is 20.0. The molecule has 14 rings (SSSR count). The van der Waals surface area contributed by atoms with Crippen LogP contribution in [0.5, 0.6) is 0 Å². The number of fused-ring (bicyclic) bond motifs is 9. The molecule has 0 bridgehead atoms. The van der Waals surface area contributed by atoms with Crippen molar-refractivity contribution >= 4 is 56.1 Å². The van der Waals surface area contributed by atoms with Crippen LogP contribution in [0.3, 0.4) is 0 Å². The fraction of sp³-hybridized carbons (Fsp3) is 0.0571. The standard InChI is InChI=1S/C70H50N2O/c1-69(2)62-33-13-9-30-58(62)60-32-19-36-65(68(60)69)72(51-40-38-48(39-41-51)47-20-5-3-6-21-47)54-27-18-26-53(45-54)71(55-42-43-67-61(46-55)59-31-12-16-37-66(59)73-67)52-25-17-24-50(44-52)70(49-22-7-4-8-23-49)63-34-14-10-28-56(63)57-29-11-15-35-64(57)70/h3-46H,1-2H3. The van der Waals surface area contributed by atoms with Crippen molar-refractivity contribution in [2.75, 3.05) is 9.80 Å². The van der Waals surface area contributed by atoms with Crippen LogP contribution in [0, 0.1) is 0 Å². The first-order chi connectivity index (χ1) is 36.0. The van der Waals surface area contributed by atoms with Gasteiger partial charge in [0.15, 0.2) is 0 Å². The van der Waals surface area contributed by atoms with Crippen LogP contribution in [0.25, 0.3) is 55.3 Å². The normalized spacial score (nSPS) is 13.6. The Morgan fingerprint density at radius 3 is 1.53 bits per heavy atom. The Morgan fingerprint density at radius 1 is 0.315 bits per heavy atom. The molecule has 0 unspecified atom stereocenters. The second kappa shape index (κ2) is 16.7. The zero-order valence-electron chi connectivity index (χ0n) is 40.7. The molecule has 0 aliphatic heterocycles. The van der Waals surface area contributed by atoms with Gasteiger partial charge in [0.2, 0.25) is 0 Å². The number of nitrogens with zero attached hydrogens (tertiary/aromatic N) is 2. The lowest BCUT2D eigenvalue weighted by Gasteiger charge is -2.35. The molecule has 0 amide bonds. The average Bonchev–Trinajstić information content (AvgIpc) is 4.06. The van der Waals surface area contributed by atoms with Crippen molar-refractivity contribution in [1.82, 2.24) is 0 Å². The minimum absolute atomic E-state index is 0.246. The maximum absolute atomic E-state index is 6.45. The smallest absolute Gasteiger partial charge is 0.135 e. The lowest BCUT2D eigenvalue weighted by Crippen LogP contribution is -2.28. The topological polar surface area (TPSA) is 19.6 Å². The van der Waals surface area contributed by atoms with Gasteiger partial charge in [0.05, 0.1) is 11.1 Å². The molecule has 346 valence electrons. The summed E-state index contributed by atoms with van der Waals surface area (Å²) in [5, 5.41) is 2.17. The lowest BCUT2D eigenvalue weighted by atomic mass is 9.67. The first-order valence-electron chi connectivity index (χ1n) is 25.3. The van der Waals surface area contributed by atoms with Gasteiger partial charge in [-0.1, -0.05) is 208 Å². The van der Waals surface area contributed by atoms with Gasteiger partial charge in [-0.05, 0) is 140 Å². The fourth-order valence-electron chi connectivity index (χ4n) is 12.5. The Bertz CT molecular complexity index is 4030. The van der Waals surface area contributed by atoms with Crippen LogP contribution in [0.15, 0.2) is 271 Å². The number of hydrogen-bond acceptors (Lipinski definition) is 3. The SMILES string of the molecule is CC1(C)c2ccccc2-c2cccc(N(c3ccc(-c4ccccc4)cc3)c3cccc(N(c4cccc(C5(c6ccccc6)c6ccccc6-c6ccccc65)c4)c4ccc5oc6ccccc6c5c4)c3)c21. The maximum Gasteiger partial charge on any atom is 0.135 e. The molecule has 0 N–H and O–H groups in total. The highest BCUT2D eigenvalue weighted by atomic mass is 16.3. The fourth-order valence-corrected chi connectivity index (χ4v) is 12.5. The molecule has 0 saturated heterocycles. The van der Waals surface area contributed by atoms with E-state index in [2.05, 4.69) is 285 Å². The summed E-state index contributed by atoms with van der Waals surface area (Å²) in [5.74, 6) is 0. The van der Waals surface area contributed by atoms with E-state index in [1.165, 1.54) is 66.8 Å². The van der Waals surface area contributed by atoms with E-state index in [1.807, 2.05) is 6.07 Å². The van der Waals surface area contributed by atoms with Crippen LogP contribution in [-0.2, 0) is 10.8 Å². The number of rotatable bonds is 9. The summed E-state index contributed by atoms with van der Waals surface area (Å²) in [6, 6.07) is 97.9. The van der Waals surface area contributed by atoms with Crippen molar-refractivity contribution in [2.45, 2.75) is 24.7 Å². The predicted molar refractivity (Wildman–Crippen MR) is 303 cm³/mol. The Hall–Kier alpha value is -9.18. The van der Waals surface area contributed by atoms with Crippen LogP contribution in [0.2, 0.25) is 0 Å². The zero-order valence-corrected chi connectivity index (χ0v) is 40.7. The largest absolute Gasteiger partial charge is 0.456 e. The summed E-state index contributed by atoms with van der Waals surface area (Å²) < 4.78 is 6.45. The van der Waals surface area contributed by atoms with Gasteiger partial charge in [-0.2, -0.15) is 0 Å². The van der Waals surface area contributed by atoms with E-state index < -0.39 is 5.41 Å². The highest BCUT2D eigenvalue weighted by Crippen LogP contribution is 2.58. The third kappa shape index (κ3) is 6.59. The van der Waals surface area contributed by atoms with Crippen molar-refractivity contribution < 1.29 is 4.42 Å². The van der Waals surface area contributed by atoms with E-state index in [4.69, 9.17) is 4.42 Å². The molecule has 1 heterocycles. The summed E-state index contributed by atoms with van der Waals surface area (Å²) in [6.45, 7) is 4.75. The van der Waals surface area contributed by atoms with Gasteiger partial charge in [0.1, 0.15) is 11.2 Å². The molecule has 1 aromatic heterocycles. The van der Waals surface area contributed by atoms with E-state index >= 15 is 0 Å². The summed E-state index contributed by atoms with van der Waals surface area (Å²) >= 11 is 0. The highest BCUT2D eigenvalue weighted by Gasteiger charge is 2.46. The number of hydrogen-bond donors (Lipinski definition) is 0. The van der Waals surface area contributed by atoms with E-state index in [-0.39, 0.29) is 5.41 Å². The summed E-state index contributed by atoms with van der Waals surface area (Å²) in [6.07, 6.45) is 0. The molecular formula is C70H50N2O. The number of furan rings is 1. The van der Waals surface area contributed by atoms with Crippen LogP contribution in [0.4, 0.5) is 34.1 Å². The lowest BCUT2D eigenvalue weighted by molar-refractivity contribution is 0.661. The average molecular weight is 935 g/mol. The summed E-state index contributed by atoms with van der Waals surface area (Å²) in [5.41, 5.74) is 22.5. The Balaban J connectivity index is 0.998. The van der Waals surface area contributed by atoms with E-state index in [0.717, 1.165) is 56.1 Å². The molecule has 0 fully saturated rings. The first-order valence-corrected chi connectivity index (χ1v) is 25.3. The summed E-state index contributed by atoms with van der Waals surface area (Å²) in [7, 11) is 0. The highest BCUT2D eigenvalue weighted by molar-refractivity contribution is 6.06. The number of benzene rings is 11. The monoisotopic (exact) mass is 934 g/mol. The van der Waals surface area contributed by atoms with Crippen LogP contribution >= 0.6 is 0 Å². The van der Waals surface area contributed by atoms with Gasteiger partial charge < -0.3 is 14.2 Å². The maximum atomic E-state index is 6.45. The van der Waals surface area contributed by atoms with E-state index in [1.54, 1.807) is 0 Å². The van der Waals surface area contributed by atoms with E-state index in [9.17, 15) is 0 Å². The van der Waals surface area contributed by atoms with Gasteiger partial charge in [-0.3, -0.25) is 0 Å². The number of para-hydroxylation sites is 1. The predicted octanol–water partition coefficient (Wildman–Crippen LogP) is 18.9. The van der Waals surface area contributed by atoms with Gasteiger partial charge in [-0.15, -0.1) is 0 Å². The molecule has 0 saturated carbocycles. The third-order valence-electron chi connectivity index (χ3n) is 15.7. The molecule has 3 heteroatoms. The van der Waals surface area contributed by atoms with Gasteiger partial charge >= 0.3 is 0 Å². The Labute approximate surface area is 426 Å². The number of anilines is 6. The third-order valence-corrected chi connectivity index (χ3v) is 15.7. The Morgan fingerprint density at radius 2 is 0.808 bits per heavy atom. The van der Waals surface area contributed by atoms with Gasteiger partial charge in [-0.25, -0.2) is 0 Å². The van der Waals surface area contributed by atoms with Crippen molar-refractivity contribution in [1.29, 1.82) is 0 Å². The minimum atomic E-state index is -0.566. The molecule has 73 heavy (non-hydrogen) atoms. The molecule has 2 aliphatic rings. The molecule has 0 radical (unpaired) electrons. The molecule has 3 nitrogen and oxygen atoms in total. The van der Waals surface area contributed by atoms with Crippen molar-refractivity contribution in [3.8, 4) is 33.4 Å². The molecule has 2 aliphatic carbocycles. The summed E-state index contributed by atoms with van der Waals surface area (Å²) in [4.78, 5) is 4.91. The minimum Gasteiger partial charge on any atom is -0.456 e. The zero-order chi connectivity index (χ0) is 48.7. The van der Waals surface area contributed by atoms with E-state index in [0.29, 0.717) is 0 Å². The molecule has 0 spiro atoms. The second-order valence-electron chi connectivity index (χ2n) is 20.0. The molecule has 12 aromatic rings. The first kappa shape index (κ1) is 42.7. The molecule has 0 atom stereocenters. The van der Waals surface area contributed by atoms with Gasteiger partial charge in [0.25, 0.3) is 0 Å². The van der Waals surface area contributed by atoms with Crippen LogP contribution in [-0.4, -0.2) is 0 Å². The quantitative estimate of drug-likeness (QED) is 0.144. The Kier molecular flexibility index (Phi) is 9.78. The van der Waals surface area contributed by atoms with Crippen LogP contribution in [0.1, 0.15) is 47.2 Å². The molecular weight excluding hydrogens is 885 g/mol. The molecule has 11 aromatic carbocycles. The van der Waals surface area contributed by atoms with Gasteiger partial charge in [0, 0.05) is 44.6 Å². The van der Waals surface area contributed by atoms with Crippen molar-refractivity contribution in [3.05, 3.63) is 300 Å². The van der Waals surface area contributed by atoms with Crippen molar-refractivity contribution in [2.24, 2.45) is 0 Å².